The molecule has 0 spiro atoms. The number of rotatable bonds is 5. The monoisotopic (exact) mass is 267 g/mol. The highest BCUT2D eigenvalue weighted by molar-refractivity contribution is 5.20. The van der Waals surface area contributed by atoms with Crippen LogP contribution in [0.15, 0.2) is 24.3 Å². The minimum absolute atomic E-state index is 0.164. The van der Waals surface area contributed by atoms with Gasteiger partial charge in [-0.15, -0.1) is 0 Å². The molecule has 0 bridgehead atoms. The Morgan fingerprint density at radius 3 is 2.84 bits per heavy atom. The minimum atomic E-state index is -0.805. The molecule has 0 radical (unpaired) electrons. The summed E-state index contributed by atoms with van der Waals surface area (Å²) in [5.74, 6) is -0.356. The van der Waals surface area contributed by atoms with Gasteiger partial charge in [-0.3, -0.25) is 4.90 Å². The molecule has 1 aromatic rings. The molecule has 1 saturated heterocycles. The van der Waals surface area contributed by atoms with Crippen LogP contribution >= 0.6 is 0 Å². The van der Waals surface area contributed by atoms with Crippen molar-refractivity contribution < 1.29 is 14.6 Å². The topological polar surface area (TPSA) is 43.7 Å². The Bertz CT molecular complexity index is 397. The fourth-order valence-corrected chi connectivity index (χ4v) is 2.84. The number of piperidine rings is 1. The van der Waals surface area contributed by atoms with Crippen molar-refractivity contribution in [2.24, 2.45) is 0 Å². The number of aliphatic hydroxyl groups is 2. The highest BCUT2D eigenvalue weighted by Crippen LogP contribution is 2.24. The van der Waals surface area contributed by atoms with Crippen LogP contribution in [-0.4, -0.2) is 40.9 Å². The van der Waals surface area contributed by atoms with E-state index < -0.39 is 6.10 Å². The highest BCUT2D eigenvalue weighted by atomic mass is 19.1. The van der Waals surface area contributed by atoms with Crippen LogP contribution in [-0.2, 0) is 0 Å². The molecule has 3 nitrogen and oxygen atoms in total. The fraction of sp³-hybridized carbons (Fsp3) is 0.600. The van der Waals surface area contributed by atoms with Gasteiger partial charge in [-0.2, -0.15) is 0 Å². The summed E-state index contributed by atoms with van der Waals surface area (Å²) in [4.78, 5) is 2.18. The van der Waals surface area contributed by atoms with Crippen molar-refractivity contribution in [2.75, 3.05) is 19.7 Å². The summed E-state index contributed by atoms with van der Waals surface area (Å²) in [7, 11) is 0. The zero-order valence-electron chi connectivity index (χ0n) is 11.1. The maximum absolute atomic E-state index is 13.6. The number of likely N-dealkylation sites (tertiary alicyclic amines) is 1. The third-order valence-corrected chi connectivity index (χ3v) is 3.88. The Hall–Kier alpha value is -0.970. The standard InChI is InChI=1S/C15H22FNO2/c16-14-7-2-1-6-13(14)15(19)11-17-9-4-3-5-12(17)8-10-18/h1-2,6-7,12,15,18-19H,3-5,8-11H2/t12-,15-/m1/s1. The molecule has 0 amide bonds. The van der Waals surface area contributed by atoms with Crippen LogP contribution in [0.4, 0.5) is 4.39 Å². The summed E-state index contributed by atoms with van der Waals surface area (Å²) >= 11 is 0. The zero-order chi connectivity index (χ0) is 13.7. The van der Waals surface area contributed by atoms with Crippen molar-refractivity contribution in [3.05, 3.63) is 35.6 Å². The molecule has 106 valence electrons. The quantitative estimate of drug-likeness (QED) is 0.858. The Labute approximate surface area is 113 Å². The van der Waals surface area contributed by atoms with Crippen LogP contribution < -0.4 is 0 Å². The van der Waals surface area contributed by atoms with E-state index in [1.54, 1.807) is 18.2 Å². The SMILES string of the molecule is OCC[C@H]1CCCCN1C[C@@H](O)c1ccccc1F. The average molecular weight is 267 g/mol. The molecular weight excluding hydrogens is 245 g/mol. The summed E-state index contributed by atoms with van der Waals surface area (Å²) < 4.78 is 13.6. The Balaban J connectivity index is 2.00. The van der Waals surface area contributed by atoms with E-state index in [1.165, 1.54) is 6.07 Å². The molecule has 1 heterocycles. The van der Waals surface area contributed by atoms with Gasteiger partial charge in [-0.05, 0) is 31.9 Å². The molecule has 0 aliphatic carbocycles. The van der Waals surface area contributed by atoms with Gasteiger partial charge in [-0.1, -0.05) is 24.6 Å². The lowest BCUT2D eigenvalue weighted by Crippen LogP contribution is -2.42. The van der Waals surface area contributed by atoms with E-state index in [4.69, 9.17) is 5.11 Å². The number of nitrogens with zero attached hydrogens (tertiary/aromatic N) is 1. The van der Waals surface area contributed by atoms with Crippen molar-refractivity contribution in [1.82, 2.24) is 4.90 Å². The predicted molar refractivity (Wildman–Crippen MR) is 72.3 cm³/mol. The van der Waals surface area contributed by atoms with E-state index >= 15 is 0 Å². The number of benzene rings is 1. The van der Waals surface area contributed by atoms with Crippen molar-refractivity contribution in [3.8, 4) is 0 Å². The molecular formula is C15H22FNO2. The largest absolute Gasteiger partial charge is 0.396 e. The van der Waals surface area contributed by atoms with Crippen LogP contribution in [0.2, 0.25) is 0 Å². The van der Waals surface area contributed by atoms with E-state index in [0.717, 1.165) is 32.2 Å². The van der Waals surface area contributed by atoms with Crippen molar-refractivity contribution in [1.29, 1.82) is 0 Å². The van der Waals surface area contributed by atoms with Crippen LogP contribution in [0.3, 0.4) is 0 Å². The molecule has 19 heavy (non-hydrogen) atoms. The van der Waals surface area contributed by atoms with Gasteiger partial charge in [0.25, 0.3) is 0 Å². The molecule has 0 saturated carbocycles. The van der Waals surface area contributed by atoms with Gasteiger partial charge >= 0.3 is 0 Å². The van der Waals surface area contributed by atoms with E-state index in [9.17, 15) is 9.50 Å². The van der Waals surface area contributed by atoms with Gasteiger partial charge in [0.1, 0.15) is 5.82 Å². The molecule has 1 aliphatic rings. The van der Waals surface area contributed by atoms with Crippen LogP contribution in [0.5, 0.6) is 0 Å². The second-order valence-corrected chi connectivity index (χ2v) is 5.19. The van der Waals surface area contributed by atoms with E-state index in [2.05, 4.69) is 4.90 Å². The lowest BCUT2D eigenvalue weighted by Gasteiger charge is -2.36. The molecule has 2 N–H and O–H groups in total. The molecule has 1 fully saturated rings. The Kier molecular flexibility index (Phi) is 5.31. The van der Waals surface area contributed by atoms with Crippen LogP contribution in [0.1, 0.15) is 37.4 Å². The molecule has 1 aromatic carbocycles. The smallest absolute Gasteiger partial charge is 0.129 e. The maximum atomic E-state index is 13.6. The summed E-state index contributed by atoms with van der Waals surface area (Å²) in [5, 5.41) is 19.3. The lowest BCUT2D eigenvalue weighted by atomic mass is 9.98. The third-order valence-electron chi connectivity index (χ3n) is 3.88. The number of hydrogen-bond acceptors (Lipinski definition) is 3. The molecule has 0 unspecified atom stereocenters. The molecule has 1 aliphatic heterocycles. The summed E-state index contributed by atoms with van der Waals surface area (Å²) in [6.07, 6.45) is 3.23. The van der Waals surface area contributed by atoms with Gasteiger partial charge in [-0.25, -0.2) is 4.39 Å². The number of halogens is 1. The predicted octanol–water partition coefficient (Wildman–Crippen LogP) is 2.10. The molecule has 2 atom stereocenters. The van der Waals surface area contributed by atoms with E-state index in [1.807, 2.05) is 0 Å². The van der Waals surface area contributed by atoms with Gasteiger partial charge in [0.05, 0.1) is 6.10 Å². The van der Waals surface area contributed by atoms with Gasteiger partial charge in [0.15, 0.2) is 0 Å². The summed E-state index contributed by atoms with van der Waals surface area (Å²) in [5.41, 5.74) is 0.357. The number of hydrogen-bond donors (Lipinski definition) is 2. The van der Waals surface area contributed by atoms with Gasteiger partial charge in [0.2, 0.25) is 0 Å². The zero-order valence-corrected chi connectivity index (χ0v) is 11.1. The van der Waals surface area contributed by atoms with Crippen molar-refractivity contribution in [2.45, 2.75) is 37.8 Å². The van der Waals surface area contributed by atoms with E-state index in [-0.39, 0.29) is 12.4 Å². The van der Waals surface area contributed by atoms with Crippen LogP contribution in [0, 0.1) is 5.82 Å². The minimum Gasteiger partial charge on any atom is -0.396 e. The average Bonchev–Trinajstić information content (AvgIpc) is 2.41. The number of aliphatic hydroxyl groups excluding tert-OH is 2. The third kappa shape index (κ3) is 3.75. The maximum Gasteiger partial charge on any atom is 0.129 e. The Morgan fingerprint density at radius 2 is 2.11 bits per heavy atom. The summed E-state index contributed by atoms with van der Waals surface area (Å²) in [6, 6.07) is 6.68. The molecule has 0 aromatic heterocycles. The molecule has 2 rings (SSSR count). The lowest BCUT2D eigenvalue weighted by molar-refractivity contribution is 0.0550. The Morgan fingerprint density at radius 1 is 1.32 bits per heavy atom. The second-order valence-electron chi connectivity index (χ2n) is 5.19. The van der Waals surface area contributed by atoms with Crippen LogP contribution in [0.25, 0.3) is 0 Å². The highest BCUT2D eigenvalue weighted by Gasteiger charge is 2.25. The van der Waals surface area contributed by atoms with Crippen molar-refractivity contribution in [3.63, 3.8) is 0 Å². The second kappa shape index (κ2) is 6.98. The first-order valence-corrected chi connectivity index (χ1v) is 6.99. The fourth-order valence-electron chi connectivity index (χ4n) is 2.84. The van der Waals surface area contributed by atoms with Gasteiger partial charge < -0.3 is 10.2 Å². The summed E-state index contributed by atoms with van der Waals surface area (Å²) in [6.45, 7) is 1.51. The first kappa shape index (κ1) is 14.4. The number of β-amino-alcohol motifs (C(OH)–C–C–N with tert-alkyl or cyclic N) is 1. The first-order valence-electron chi connectivity index (χ1n) is 6.99. The van der Waals surface area contributed by atoms with Crippen molar-refractivity contribution >= 4 is 0 Å². The normalized spacial score (nSPS) is 22.4. The molecule has 4 heteroatoms. The van der Waals surface area contributed by atoms with Gasteiger partial charge in [0, 0.05) is 24.8 Å². The van der Waals surface area contributed by atoms with E-state index in [0.29, 0.717) is 18.2 Å². The first-order chi connectivity index (χ1) is 9.22.